The highest BCUT2D eigenvalue weighted by Gasteiger charge is 2.44. The first kappa shape index (κ1) is 62.3. The van der Waals surface area contributed by atoms with E-state index in [-0.39, 0.29) is 48.4 Å². The molecule has 0 saturated carbocycles. The highest BCUT2D eigenvalue weighted by Crippen LogP contribution is 2.38. The van der Waals surface area contributed by atoms with E-state index in [9.17, 15) is 28.8 Å². The number of hydrogen-bond donors (Lipinski definition) is 0. The molecule has 0 aromatic heterocycles. The largest absolute Gasteiger partial charge is 0.494 e. The van der Waals surface area contributed by atoms with Gasteiger partial charge < -0.3 is 37.9 Å². The molecule has 15 heteroatoms. The molecule has 0 spiro atoms. The van der Waals surface area contributed by atoms with Gasteiger partial charge in [0.1, 0.15) is 40.3 Å². The second-order valence-electron chi connectivity index (χ2n) is 22.2. The predicted molar refractivity (Wildman–Crippen MR) is 291 cm³/mol. The van der Waals surface area contributed by atoms with Gasteiger partial charge in [0.15, 0.2) is 0 Å². The van der Waals surface area contributed by atoms with Gasteiger partial charge in [0.25, 0.3) is 0 Å². The van der Waals surface area contributed by atoms with Gasteiger partial charge in [-0.25, -0.2) is 14.4 Å². The first-order chi connectivity index (χ1) is 36.0. The third kappa shape index (κ3) is 23.3. The van der Waals surface area contributed by atoms with Gasteiger partial charge >= 0.3 is 35.8 Å². The Kier molecular flexibility index (Phi) is 25.0. The normalized spacial score (nSPS) is 14.4. The molecular formula is C61H85NO14. The van der Waals surface area contributed by atoms with Crippen molar-refractivity contribution in [1.82, 2.24) is 4.90 Å². The summed E-state index contributed by atoms with van der Waals surface area (Å²) in [5.74, 6) is -0.661. The minimum atomic E-state index is -0.728. The third-order valence-electron chi connectivity index (χ3n) is 13.6. The zero-order valence-corrected chi connectivity index (χ0v) is 46.8. The molecule has 1 aliphatic rings. The molecule has 1 saturated heterocycles. The minimum absolute atomic E-state index is 0.0216. The molecule has 4 rings (SSSR count). The summed E-state index contributed by atoms with van der Waals surface area (Å²) in [6, 6.07) is 19.7. The standard InChI is InChI=1S/C61H85NO14/c1-11-52(63)71-42-22-16-15-21-41-70-48-30-26-46(27-31-48)57(68)74-50-34-32-49(33-35-50)73-56(67)45-24-28-47(29-25-45)69-40-20-14-12-13-18-38-60(6,7)75-54(65)23-17-19-39-61(8,9)76-55(66)37-36-53(64)72-51-43-58(2,3)62(10)59(4,5)44-51/h11,24-35,51H,1,12-23,36-44H2,2-10H3. The fraction of sp³-hybridized carbons (Fsp3) is 0.574. The van der Waals surface area contributed by atoms with Crippen molar-refractivity contribution in [1.29, 1.82) is 0 Å². The van der Waals surface area contributed by atoms with Crippen molar-refractivity contribution in [3.63, 3.8) is 0 Å². The van der Waals surface area contributed by atoms with Crippen LogP contribution in [0, 0.1) is 0 Å². The average molecular weight is 1060 g/mol. The lowest BCUT2D eigenvalue weighted by molar-refractivity contribution is -0.165. The van der Waals surface area contributed by atoms with Crippen molar-refractivity contribution >= 4 is 35.8 Å². The Balaban J connectivity index is 1.000. The molecule has 15 nitrogen and oxygen atoms in total. The van der Waals surface area contributed by atoms with E-state index < -0.39 is 35.1 Å². The zero-order valence-electron chi connectivity index (χ0n) is 46.8. The van der Waals surface area contributed by atoms with Crippen molar-refractivity contribution < 1.29 is 66.7 Å². The molecule has 1 aliphatic heterocycles. The van der Waals surface area contributed by atoms with E-state index in [4.69, 9.17) is 37.9 Å². The molecule has 1 fully saturated rings. The van der Waals surface area contributed by atoms with Gasteiger partial charge in [-0.3, -0.25) is 19.3 Å². The number of hydrogen-bond acceptors (Lipinski definition) is 15. The summed E-state index contributed by atoms with van der Waals surface area (Å²) in [5, 5.41) is 0. The van der Waals surface area contributed by atoms with Crippen LogP contribution >= 0.6 is 0 Å². The Morgan fingerprint density at radius 2 is 0.908 bits per heavy atom. The lowest BCUT2D eigenvalue weighted by atomic mass is 9.79. The van der Waals surface area contributed by atoms with Crippen molar-refractivity contribution in [3.05, 3.63) is 96.6 Å². The number of unbranched alkanes of at least 4 members (excludes halogenated alkanes) is 8. The summed E-state index contributed by atoms with van der Waals surface area (Å²) in [4.78, 5) is 77.0. The zero-order chi connectivity index (χ0) is 55.8. The minimum Gasteiger partial charge on any atom is -0.494 e. The van der Waals surface area contributed by atoms with E-state index in [2.05, 4.69) is 46.2 Å². The Morgan fingerprint density at radius 1 is 0.526 bits per heavy atom. The first-order valence-corrected chi connectivity index (χ1v) is 27.1. The number of piperidine rings is 1. The van der Waals surface area contributed by atoms with Gasteiger partial charge in [0.2, 0.25) is 0 Å². The van der Waals surface area contributed by atoms with Crippen LogP contribution in [0.25, 0.3) is 0 Å². The number of benzene rings is 3. The second-order valence-corrected chi connectivity index (χ2v) is 22.2. The maximum atomic E-state index is 12.8. The Morgan fingerprint density at radius 3 is 1.37 bits per heavy atom. The van der Waals surface area contributed by atoms with Crippen LogP contribution in [0.5, 0.6) is 23.0 Å². The molecule has 0 unspecified atom stereocenters. The van der Waals surface area contributed by atoms with Gasteiger partial charge in [-0.2, -0.15) is 0 Å². The van der Waals surface area contributed by atoms with E-state index in [1.54, 1.807) is 72.8 Å². The Labute approximate surface area is 451 Å². The summed E-state index contributed by atoms with van der Waals surface area (Å²) in [7, 11) is 2.10. The van der Waals surface area contributed by atoms with E-state index in [0.29, 0.717) is 73.2 Å². The number of carbonyl (C=O) groups excluding carboxylic acids is 6. The molecule has 0 N–H and O–H groups in total. The number of carbonyl (C=O) groups is 6. The van der Waals surface area contributed by atoms with Gasteiger partial charge in [-0.1, -0.05) is 25.8 Å². The fourth-order valence-corrected chi connectivity index (χ4v) is 9.09. The molecule has 0 atom stereocenters. The van der Waals surface area contributed by atoms with Crippen LogP contribution in [-0.4, -0.2) is 96.0 Å². The van der Waals surface area contributed by atoms with E-state index in [1.807, 2.05) is 27.7 Å². The van der Waals surface area contributed by atoms with Crippen LogP contribution < -0.4 is 18.9 Å². The number of ether oxygens (including phenoxy) is 8. The van der Waals surface area contributed by atoms with Crippen LogP contribution in [-0.2, 0) is 38.1 Å². The number of likely N-dealkylation sites (tertiary alicyclic amines) is 1. The van der Waals surface area contributed by atoms with Crippen LogP contribution in [0.3, 0.4) is 0 Å². The van der Waals surface area contributed by atoms with Crippen LogP contribution in [0.15, 0.2) is 85.5 Å². The molecule has 0 aliphatic carbocycles. The van der Waals surface area contributed by atoms with Gasteiger partial charge in [0.05, 0.1) is 43.8 Å². The number of nitrogens with zero attached hydrogens (tertiary/aromatic N) is 1. The molecule has 0 amide bonds. The average Bonchev–Trinajstić information content (AvgIpc) is 3.36. The number of rotatable bonds is 33. The highest BCUT2D eigenvalue weighted by atomic mass is 16.6. The Bertz CT molecular complexity index is 2300. The molecule has 3 aromatic rings. The van der Waals surface area contributed by atoms with Gasteiger partial charge in [0, 0.05) is 36.4 Å². The van der Waals surface area contributed by atoms with Crippen molar-refractivity contribution in [2.75, 3.05) is 26.9 Å². The smallest absolute Gasteiger partial charge is 0.343 e. The number of esters is 6. The molecule has 3 aromatic carbocycles. The van der Waals surface area contributed by atoms with Crippen molar-refractivity contribution in [3.8, 4) is 23.0 Å². The molecular weight excluding hydrogens is 971 g/mol. The van der Waals surface area contributed by atoms with Crippen LogP contribution in [0.4, 0.5) is 0 Å². The maximum Gasteiger partial charge on any atom is 0.343 e. The predicted octanol–water partition coefficient (Wildman–Crippen LogP) is 12.7. The van der Waals surface area contributed by atoms with Crippen molar-refractivity contribution in [2.45, 2.75) is 199 Å². The lowest BCUT2D eigenvalue weighted by Gasteiger charge is -2.53. The Hall–Kier alpha value is -6.22. The van der Waals surface area contributed by atoms with Crippen LogP contribution in [0.1, 0.15) is 192 Å². The van der Waals surface area contributed by atoms with Crippen LogP contribution in [0.2, 0.25) is 0 Å². The molecule has 418 valence electrons. The summed E-state index contributed by atoms with van der Waals surface area (Å²) in [6.07, 6.45) is 13.6. The third-order valence-corrected chi connectivity index (χ3v) is 13.6. The first-order valence-electron chi connectivity index (χ1n) is 27.1. The van der Waals surface area contributed by atoms with E-state index in [0.717, 1.165) is 83.1 Å². The molecule has 76 heavy (non-hydrogen) atoms. The van der Waals surface area contributed by atoms with Crippen molar-refractivity contribution in [2.24, 2.45) is 0 Å². The highest BCUT2D eigenvalue weighted by molar-refractivity contribution is 5.92. The summed E-state index contributed by atoms with van der Waals surface area (Å²) in [5.41, 5.74) is -0.798. The topological polar surface area (TPSA) is 179 Å². The monoisotopic (exact) mass is 1060 g/mol. The maximum absolute atomic E-state index is 12.8. The summed E-state index contributed by atoms with van der Waals surface area (Å²) >= 11 is 0. The molecule has 1 heterocycles. The lowest BCUT2D eigenvalue weighted by Crippen LogP contribution is -2.60. The summed E-state index contributed by atoms with van der Waals surface area (Å²) in [6.45, 7) is 21.0. The quantitative estimate of drug-likeness (QED) is 0.0185. The molecule has 0 radical (unpaired) electrons. The van der Waals surface area contributed by atoms with Gasteiger partial charge in [-0.05, 0) is 199 Å². The summed E-state index contributed by atoms with van der Waals surface area (Å²) < 4.78 is 45.0. The van der Waals surface area contributed by atoms with E-state index >= 15 is 0 Å². The van der Waals surface area contributed by atoms with E-state index in [1.165, 1.54) is 0 Å². The second kappa shape index (κ2) is 30.5. The fourth-order valence-electron chi connectivity index (χ4n) is 9.09. The molecule has 0 bridgehead atoms. The SMILES string of the molecule is C=CC(=O)OCCCCCCOc1ccc(C(=O)Oc2ccc(OC(=O)c3ccc(OCCCCCCCC(C)(C)OC(=O)CCCCC(C)(C)OC(=O)CCC(=O)OC4CC(C)(C)N(C)C(C)(C)C4)cc3)cc2)cc1. The van der Waals surface area contributed by atoms with Gasteiger partial charge in [-0.15, -0.1) is 0 Å².